The number of benzene rings is 3. The second-order valence-corrected chi connectivity index (χ2v) is 8.26. The van der Waals surface area contributed by atoms with Gasteiger partial charge in [0.15, 0.2) is 0 Å². The van der Waals surface area contributed by atoms with Gasteiger partial charge in [0.2, 0.25) is 0 Å². The number of hydrogen-bond acceptors (Lipinski definition) is 1. The molecule has 0 aliphatic heterocycles. The molecule has 6 rings (SSSR count). The molecule has 2 aliphatic rings. The molecule has 0 unspecified atom stereocenters. The summed E-state index contributed by atoms with van der Waals surface area (Å²) >= 11 is 0. The molecule has 140 valence electrons. The number of carbonyl (C=O) groups excluding carboxylic acids is 1. The lowest BCUT2D eigenvalue weighted by atomic mass is 9.75. The van der Waals surface area contributed by atoms with Crippen LogP contribution in [-0.2, 0) is 12.5 Å². The summed E-state index contributed by atoms with van der Waals surface area (Å²) in [5.41, 5.74) is 10.1. The summed E-state index contributed by atoms with van der Waals surface area (Å²) in [4.78, 5) is 11.0. The molecule has 0 bridgehead atoms. The SMILES string of the molecule is Cn1c2c(c3ccccc31)C1(CC=CC1)c1cc(-c3ccc(C=O)cc3)ccc1-2. The largest absolute Gasteiger partial charge is 0.343 e. The summed E-state index contributed by atoms with van der Waals surface area (Å²) in [6.45, 7) is 0. The molecule has 29 heavy (non-hydrogen) atoms. The number of nitrogens with zero attached hydrogens (tertiary/aromatic N) is 1. The van der Waals surface area contributed by atoms with Crippen LogP contribution in [0.5, 0.6) is 0 Å². The van der Waals surface area contributed by atoms with Crippen molar-refractivity contribution in [2.75, 3.05) is 0 Å². The average Bonchev–Trinajstić information content (AvgIpc) is 3.45. The average molecular weight is 375 g/mol. The Labute approximate surface area is 170 Å². The van der Waals surface area contributed by atoms with Crippen molar-refractivity contribution in [3.63, 3.8) is 0 Å². The molecule has 4 aromatic rings. The number of para-hydroxylation sites is 1. The Kier molecular flexibility index (Phi) is 3.31. The van der Waals surface area contributed by atoms with Gasteiger partial charge in [-0.05, 0) is 47.2 Å². The van der Waals surface area contributed by atoms with Gasteiger partial charge in [0.25, 0.3) is 0 Å². The van der Waals surface area contributed by atoms with Gasteiger partial charge in [-0.25, -0.2) is 0 Å². The van der Waals surface area contributed by atoms with E-state index < -0.39 is 0 Å². The molecule has 1 heterocycles. The highest BCUT2D eigenvalue weighted by molar-refractivity contribution is 5.98. The molecule has 2 nitrogen and oxygen atoms in total. The van der Waals surface area contributed by atoms with Gasteiger partial charge in [-0.15, -0.1) is 0 Å². The molecule has 1 spiro atoms. The summed E-state index contributed by atoms with van der Waals surface area (Å²) in [7, 11) is 2.19. The van der Waals surface area contributed by atoms with E-state index in [0.717, 1.165) is 24.7 Å². The van der Waals surface area contributed by atoms with E-state index in [0.29, 0.717) is 5.56 Å². The maximum Gasteiger partial charge on any atom is 0.150 e. The molecule has 0 saturated carbocycles. The minimum absolute atomic E-state index is 0.0320. The zero-order chi connectivity index (χ0) is 19.6. The molecule has 0 radical (unpaired) electrons. The van der Waals surface area contributed by atoms with Gasteiger partial charge in [-0.1, -0.05) is 66.7 Å². The van der Waals surface area contributed by atoms with E-state index in [4.69, 9.17) is 0 Å². The lowest BCUT2D eigenvalue weighted by molar-refractivity contribution is 0.112. The quantitative estimate of drug-likeness (QED) is 0.299. The highest BCUT2D eigenvalue weighted by atomic mass is 16.1. The van der Waals surface area contributed by atoms with Crippen LogP contribution in [0, 0.1) is 0 Å². The molecule has 0 saturated heterocycles. The fourth-order valence-corrected chi connectivity index (χ4v) is 5.48. The maximum absolute atomic E-state index is 11.0. The van der Waals surface area contributed by atoms with Crippen molar-refractivity contribution in [2.45, 2.75) is 18.3 Å². The molecule has 0 fully saturated rings. The number of fused-ring (bicyclic) bond motifs is 7. The molecule has 0 N–H and O–H groups in total. The fourth-order valence-electron chi connectivity index (χ4n) is 5.48. The number of hydrogen-bond donors (Lipinski definition) is 0. The van der Waals surface area contributed by atoms with Crippen molar-refractivity contribution >= 4 is 17.2 Å². The Hall–Kier alpha value is -3.39. The van der Waals surface area contributed by atoms with E-state index in [1.54, 1.807) is 0 Å². The van der Waals surface area contributed by atoms with E-state index in [1.165, 1.54) is 38.9 Å². The third-order valence-corrected chi connectivity index (χ3v) is 6.86. The van der Waals surface area contributed by atoms with Crippen molar-refractivity contribution in [3.05, 3.63) is 95.6 Å². The van der Waals surface area contributed by atoms with Crippen LogP contribution in [0.1, 0.15) is 34.3 Å². The van der Waals surface area contributed by atoms with Crippen molar-refractivity contribution in [1.82, 2.24) is 4.57 Å². The van der Waals surface area contributed by atoms with Crippen LogP contribution in [0.4, 0.5) is 0 Å². The molecule has 0 amide bonds. The lowest BCUT2D eigenvalue weighted by Crippen LogP contribution is -2.21. The minimum atomic E-state index is 0.0320. The first-order valence-electron chi connectivity index (χ1n) is 10.2. The second-order valence-electron chi connectivity index (χ2n) is 8.26. The Bertz CT molecular complexity index is 1310. The second kappa shape index (κ2) is 5.81. The van der Waals surface area contributed by atoms with Crippen LogP contribution in [0.15, 0.2) is 78.9 Å². The molecule has 2 aliphatic carbocycles. The molecular formula is C27H21NO. The highest BCUT2D eigenvalue weighted by Gasteiger charge is 2.46. The number of rotatable bonds is 2. The van der Waals surface area contributed by atoms with E-state index in [2.05, 4.69) is 66.2 Å². The molecule has 2 heteroatoms. The summed E-state index contributed by atoms with van der Waals surface area (Å²) in [6, 6.07) is 23.6. The first-order valence-corrected chi connectivity index (χ1v) is 10.2. The lowest BCUT2D eigenvalue weighted by Gasteiger charge is -2.27. The van der Waals surface area contributed by atoms with Crippen molar-refractivity contribution in [1.29, 1.82) is 0 Å². The number of allylic oxidation sites excluding steroid dienone is 2. The van der Waals surface area contributed by atoms with Crippen LogP contribution in [0.3, 0.4) is 0 Å². The first-order chi connectivity index (χ1) is 14.2. The smallest absolute Gasteiger partial charge is 0.150 e. The first kappa shape index (κ1) is 16.6. The molecule has 0 atom stereocenters. The van der Waals surface area contributed by atoms with E-state index in [-0.39, 0.29) is 5.41 Å². The number of carbonyl (C=O) groups is 1. The third kappa shape index (κ3) is 2.09. The monoisotopic (exact) mass is 375 g/mol. The van der Waals surface area contributed by atoms with E-state index in [9.17, 15) is 4.79 Å². The van der Waals surface area contributed by atoms with Gasteiger partial charge in [0.05, 0.1) is 5.69 Å². The summed E-state index contributed by atoms with van der Waals surface area (Å²) < 4.78 is 2.37. The normalized spacial score (nSPS) is 15.8. The van der Waals surface area contributed by atoms with Crippen molar-refractivity contribution in [2.24, 2.45) is 7.05 Å². The zero-order valence-corrected chi connectivity index (χ0v) is 16.4. The summed E-state index contributed by atoms with van der Waals surface area (Å²) in [6.07, 6.45) is 7.68. The highest BCUT2D eigenvalue weighted by Crippen LogP contribution is 2.58. The van der Waals surface area contributed by atoms with Crippen LogP contribution in [-0.4, -0.2) is 10.9 Å². The maximum atomic E-state index is 11.0. The number of aldehydes is 1. The van der Waals surface area contributed by atoms with Gasteiger partial charge in [-0.2, -0.15) is 0 Å². The van der Waals surface area contributed by atoms with Crippen molar-refractivity contribution in [3.8, 4) is 22.4 Å². The molecular weight excluding hydrogens is 354 g/mol. The van der Waals surface area contributed by atoms with Gasteiger partial charge < -0.3 is 4.57 Å². The Morgan fingerprint density at radius 1 is 0.897 bits per heavy atom. The molecule has 3 aromatic carbocycles. The Balaban J connectivity index is 1.61. The standard InChI is InChI=1S/C27H21NO/c1-28-24-7-3-2-6-22(24)25-26(28)21-13-12-20(19-10-8-18(17-29)9-11-19)16-23(21)27(25)14-4-5-15-27/h2-13,16-17H,14-15H2,1H3. The predicted octanol–water partition coefficient (Wildman–Crippen LogP) is 6.27. The Morgan fingerprint density at radius 2 is 1.62 bits per heavy atom. The van der Waals surface area contributed by atoms with Crippen LogP contribution in [0.2, 0.25) is 0 Å². The van der Waals surface area contributed by atoms with Crippen LogP contribution in [0.25, 0.3) is 33.3 Å². The predicted molar refractivity (Wildman–Crippen MR) is 118 cm³/mol. The third-order valence-electron chi connectivity index (χ3n) is 6.86. The van der Waals surface area contributed by atoms with Gasteiger partial charge in [-0.3, -0.25) is 4.79 Å². The van der Waals surface area contributed by atoms with E-state index in [1.807, 2.05) is 24.3 Å². The van der Waals surface area contributed by atoms with E-state index >= 15 is 0 Å². The van der Waals surface area contributed by atoms with Crippen LogP contribution < -0.4 is 0 Å². The number of aromatic nitrogens is 1. The van der Waals surface area contributed by atoms with Gasteiger partial charge >= 0.3 is 0 Å². The van der Waals surface area contributed by atoms with Gasteiger partial charge in [0, 0.05) is 34.5 Å². The van der Waals surface area contributed by atoms with Crippen molar-refractivity contribution < 1.29 is 4.79 Å². The van der Waals surface area contributed by atoms with Crippen LogP contribution >= 0.6 is 0 Å². The summed E-state index contributed by atoms with van der Waals surface area (Å²) in [5, 5.41) is 1.38. The number of aryl methyl sites for hydroxylation is 1. The van der Waals surface area contributed by atoms with Gasteiger partial charge in [0.1, 0.15) is 6.29 Å². The minimum Gasteiger partial charge on any atom is -0.343 e. The topological polar surface area (TPSA) is 22.0 Å². The zero-order valence-electron chi connectivity index (χ0n) is 16.4. The summed E-state index contributed by atoms with van der Waals surface area (Å²) in [5.74, 6) is 0. The Morgan fingerprint density at radius 3 is 2.38 bits per heavy atom. The fraction of sp³-hybridized carbons (Fsp3) is 0.148. The molecule has 1 aromatic heterocycles.